The van der Waals surface area contributed by atoms with Gasteiger partial charge in [-0.2, -0.15) is 4.98 Å². The fourth-order valence-electron chi connectivity index (χ4n) is 2.16. The molecule has 2 heterocycles. The van der Waals surface area contributed by atoms with Crippen LogP contribution in [0.4, 0.5) is 19.3 Å². The van der Waals surface area contributed by atoms with Gasteiger partial charge in [-0.25, -0.2) is 13.6 Å². The molecule has 2 amide bonds. The van der Waals surface area contributed by atoms with Crippen LogP contribution in [0, 0.1) is 11.6 Å². The first-order valence-electron chi connectivity index (χ1n) is 7.06. The zero-order valence-corrected chi connectivity index (χ0v) is 12.0. The van der Waals surface area contributed by atoms with Gasteiger partial charge in [0.05, 0.1) is 12.2 Å². The van der Waals surface area contributed by atoms with Crippen molar-refractivity contribution in [1.82, 2.24) is 15.5 Å². The largest absolute Gasteiger partial charge is 0.368 e. The number of carbonyl (C=O) groups excluding carboxylic acids is 1. The van der Waals surface area contributed by atoms with Crippen molar-refractivity contribution in [2.45, 2.75) is 25.5 Å². The van der Waals surface area contributed by atoms with E-state index in [9.17, 15) is 13.6 Å². The predicted octanol–water partition coefficient (Wildman–Crippen LogP) is 2.52. The number of halogens is 2. The zero-order valence-electron chi connectivity index (χ0n) is 12.0. The summed E-state index contributed by atoms with van der Waals surface area (Å²) in [6.07, 6.45) is 1.54. The number of benzene rings is 1. The average molecular weight is 324 g/mol. The van der Waals surface area contributed by atoms with E-state index in [0.29, 0.717) is 12.5 Å². The van der Waals surface area contributed by atoms with Crippen LogP contribution >= 0.6 is 0 Å². The summed E-state index contributed by atoms with van der Waals surface area (Å²) in [5.74, 6) is -0.746. The van der Waals surface area contributed by atoms with Crippen LogP contribution < -0.4 is 10.6 Å². The molecule has 0 radical (unpaired) electrons. The van der Waals surface area contributed by atoms with E-state index in [-0.39, 0.29) is 24.2 Å². The molecule has 1 fully saturated rings. The molecule has 1 aromatic heterocycles. The minimum atomic E-state index is -0.734. The normalized spacial score (nSPS) is 17.2. The van der Waals surface area contributed by atoms with Crippen LogP contribution in [0.3, 0.4) is 0 Å². The number of carbonyl (C=O) groups is 1. The highest BCUT2D eigenvalue weighted by Crippen LogP contribution is 2.26. The number of anilines is 1. The number of amides is 2. The molecule has 2 N–H and O–H groups in total. The molecular weight excluding hydrogens is 310 g/mol. The third kappa shape index (κ3) is 3.81. The van der Waals surface area contributed by atoms with E-state index in [1.807, 2.05) is 0 Å². The van der Waals surface area contributed by atoms with E-state index in [2.05, 4.69) is 20.8 Å². The van der Waals surface area contributed by atoms with Gasteiger partial charge in [-0.05, 0) is 25.0 Å². The van der Waals surface area contributed by atoms with Crippen molar-refractivity contribution in [3.05, 3.63) is 41.5 Å². The molecule has 3 rings (SSSR count). The van der Waals surface area contributed by atoms with Gasteiger partial charge in [0.2, 0.25) is 0 Å². The molecule has 1 unspecified atom stereocenters. The number of rotatable bonds is 4. The Bertz CT molecular complexity index is 701. The lowest BCUT2D eigenvalue weighted by Crippen LogP contribution is -2.29. The lowest BCUT2D eigenvalue weighted by atomic mass is 10.2. The van der Waals surface area contributed by atoms with E-state index in [4.69, 9.17) is 9.26 Å². The second-order valence-corrected chi connectivity index (χ2v) is 4.98. The maximum Gasteiger partial charge on any atom is 0.319 e. The Balaban J connectivity index is 1.53. The van der Waals surface area contributed by atoms with E-state index in [1.165, 1.54) is 0 Å². The monoisotopic (exact) mass is 324 g/mol. The summed E-state index contributed by atoms with van der Waals surface area (Å²) in [5, 5.41) is 8.37. The predicted molar refractivity (Wildman–Crippen MR) is 74.4 cm³/mol. The zero-order chi connectivity index (χ0) is 16.2. The molecule has 0 spiro atoms. The molecule has 1 atom stereocenters. The first-order chi connectivity index (χ1) is 11.1. The Labute approximate surface area is 130 Å². The molecule has 1 saturated heterocycles. The van der Waals surface area contributed by atoms with Gasteiger partial charge < -0.3 is 19.9 Å². The Morgan fingerprint density at radius 2 is 2.26 bits per heavy atom. The van der Waals surface area contributed by atoms with Crippen LogP contribution in [0.2, 0.25) is 0 Å². The van der Waals surface area contributed by atoms with Crippen molar-refractivity contribution >= 4 is 11.7 Å². The molecule has 9 heteroatoms. The summed E-state index contributed by atoms with van der Waals surface area (Å²) >= 11 is 0. The molecule has 1 aromatic carbocycles. The Hall–Kier alpha value is -2.55. The fourth-order valence-corrected chi connectivity index (χ4v) is 2.16. The van der Waals surface area contributed by atoms with Gasteiger partial charge >= 0.3 is 6.03 Å². The standard InChI is InChI=1S/C14H14F2N4O3/c15-8-3-4-9(16)10(6-8)18-14(21)17-7-12-19-13(23-20-12)11-2-1-5-22-11/h3-4,6,11H,1-2,5,7H2,(H2,17,18,21). The van der Waals surface area contributed by atoms with Crippen molar-refractivity contribution in [2.75, 3.05) is 11.9 Å². The number of nitrogens with zero attached hydrogens (tertiary/aromatic N) is 2. The van der Waals surface area contributed by atoms with Gasteiger partial charge in [-0.1, -0.05) is 5.16 Å². The molecule has 1 aliphatic heterocycles. The third-order valence-corrected chi connectivity index (χ3v) is 3.27. The summed E-state index contributed by atoms with van der Waals surface area (Å²) in [7, 11) is 0. The van der Waals surface area contributed by atoms with Crippen LogP contribution in [0.1, 0.15) is 30.7 Å². The van der Waals surface area contributed by atoms with Gasteiger partial charge in [0.1, 0.15) is 17.7 Å². The second-order valence-electron chi connectivity index (χ2n) is 4.98. The van der Waals surface area contributed by atoms with Gasteiger partial charge in [-0.3, -0.25) is 0 Å². The summed E-state index contributed by atoms with van der Waals surface area (Å²) < 4.78 is 36.9. The number of aromatic nitrogens is 2. The summed E-state index contributed by atoms with van der Waals surface area (Å²) in [5.41, 5.74) is -0.254. The van der Waals surface area contributed by atoms with Crippen molar-refractivity contribution in [3.8, 4) is 0 Å². The van der Waals surface area contributed by atoms with Crippen LogP contribution in [-0.4, -0.2) is 22.8 Å². The molecular formula is C14H14F2N4O3. The second kappa shape index (κ2) is 6.69. The van der Waals surface area contributed by atoms with Crippen LogP contribution in [-0.2, 0) is 11.3 Å². The van der Waals surface area contributed by atoms with E-state index < -0.39 is 17.7 Å². The minimum Gasteiger partial charge on any atom is -0.368 e. The Morgan fingerprint density at radius 1 is 1.39 bits per heavy atom. The van der Waals surface area contributed by atoms with E-state index >= 15 is 0 Å². The van der Waals surface area contributed by atoms with Gasteiger partial charge in [-0.15, -0.1) is 0 Å². The number of urea groups is 1. The third-order valence-electron chi connectivity index (χ3n) is 3.27. The van der Waals surface area contributed by atoms with Crippen molar-refractivity contribution in [1.29, 1.82) is 0 Å². The highest BCUT2D eigenvalue weighted by atomic mass is 19.1. The van der Waals surface area contributed by atoms with Gasteiger partial charge in [0.25, 0.3) is 5.89 Å². The molecule has 23 heavy (non-hydrogen) atoms. The fraction of sp³-hybridized carbons (Fsp3) is 0.357. The lowest BCUT2D eigenvalue weighted by molar-refractivity contribution is 0.0835. The maximum absolute atomic E-state index is 13.4. The molecule has 2 aromatic rings. The van der Waals surface area contributed by atoms with Crippen LogP contribution in [0.25, 0.3) is 0 Å². The number of hydrogen-bond acceptors (Lipinski definition) is 5. The summed E-state index contributed by atoms with van der Waals surface area (Å²) in [6.45, 7) is 0.640. The minimum absolute atomic E-state index is 0.0149. The topological polar surface area (TPSA) is 89.3 Å². The Kier molecular flexibility index (Phi) is 4.47. The Morgan fingerprint density at radius 3 is 3.04 bits per heavy atom. The van der Waals surface area contributed by atoms with Crippen molar-refractivity contribution < 1.29 is 22.8 Å². The molecule has 0 saturated carbocycles. The molecule has 122 valence electrons. The average Bonchev–Trinajstić information content (AvgIpc) is 3.19. The van der Waals surface area contributed by atoms with Crippen molar-refractivity contribution in [3.63, 3.8) is 0 Å². The lowest BCUT2D eigenvalue weighted by Gasteiger charge is -2.07. The van der Waals surface area contributed by atoms with Gasteiger partial charge in [0, 0.05) is 12.7 Å². The molecule has 0 bridgehead atoms. The summed E-state index contributed by atoms with van der Waals surface area (Å²) in [4.78, 5) is 15.8. The quantitative estimate of drug-likeness (QED) is 0.902. The van der Waals surface area contributed by atoms with Crippen molar-refractivity contribution in [2.24, 2.45) is 0 Å². The first-order valence-corrected chi connectivity index (χ1v) is 7.06. The highest BCUT2D eigenvalue weighted by molar-refractivity contribution is 5.89. The first kappa shape index (κ1) is 15.3. The highest BCUT2D eigenvalue weighted by Gasteiger charge is 2.23. The summed E-state index contributed by atoms with van der Waals surface area (Å²) in [6, 6.07) is 2.07. The smallest absolute Gasteiger partial charge is 0.319 e. The molecule has 1 aliphatic rings. The molecule has 7 nitrogen and oxygen atoms in total. The molecule has 0 aliphatic carbocycles. The number of nitrogens with one attached hydrogen (secondary N) is 2. The van der Waals surface area contributed by atoms with E-state index in [1.54, 1.807) is 0 Å². The number of hydrogen-bond donors (Lipinski definition) is 2. The number of ether oxygens (including phenoxy) is 1. The SMILES string of the molecule is O=C(NCc1noc(C2CCCO2)n1)Nc1cc(F)ccc1F. The van der Waals surface area contributed by atoms with Crippen LogP contribution in [0.15, 0.2) is 22.7 Å². The van der Waals surface area contributed by atoms with Gasteiger partial charge in [0.15, 0.2) is 5.82 Å². The van der Waals surface area contributed by atoms with Crippen LogP contribution in [0.5, 0.6) is 0 Å². The van der Waals surface area contributed by atoms with E-state index in [0.717, 1.165) is 31.0 Å². The maximum atomic E-state index is 13.4.